The zero-order chi connectivity index (χ0) is 12.4. The van der Waals surface area contributed by atoms with E-state index in [9.17, 15) is 4.79 Å². The summed E-state index contributed by atoms with van der Waals surface area (Å²) in [6, 6.07) is 6.86. The van der Waals surface area contributed by atoms with Crippen molar-refractivity contribution in [2.75, 3.05) is 5.32 Å². The van der Waals surface area contributed by atoms with E-state index in [1.165, 1.54) is 0 Å². The highest BCUT2D eigenvalue weighted by molar-refractivity contribution is 6.30. The molecule has 0 spiro atoms. The van der Waals surface area contributed by atoms with Gasteiger partial charge in [0.2, 0.25) is 0 Å². The second kappa shape index (κ2) is 4.59. The number of hydrogen-bond donors (Lipinski definition) is 1. The third-order valence-corrected chi connectivity index (χ3v) is 2.47. The minimum Gasteiger partial charge on any atom is -0.445 e. The molecule has 1 amide bonds. The number of rotatable bonds is 2. The van der Waals surface area contributed by atoms with Crippen LogP contribution in [0.3, 0.4) is 0 Å². The smallest absolute Gasteiger partial charge is 0.277 e. The van der Waals surface area contributed by atoms with Gasteiger partial charge in [-0.2, -0.15) is 0 Å². The van der Waals surface area contributed by atoms with Gasteiger partial charge in [0.25, 0.3) is 5.91 Å². The number of hydrogen-bond acceptors (Lipinski definition) is 3. The molecular weight excluding hydrogens is 240 g/mol. The number of aryl methyl sites for hydroxylation is 2. The van der Waals surface area contributed by atoms with Gasteiger partial charge in [0.05, 0.1) is 0 Å². The van der Waals surface area contributed by atoms with Crippen LogP contribution < -0.4 is 5.32 Å². The van der Waals surface area contributed by atoms with Crippen LogP contribution >= 0.6 is 11.6 Å². The average Bonchev–Trinajstić information content (AvgIpc) is 2.61. The molecule has 0 radical (unpaired) electrons. The first kappa shape index (κ1) is 11.7. The summed E-state index contributed by atoms with van der Waals surface area (Å²) in [5.41, 5.74) is 0.969. The Balaban J connectivity index is 2.17. The minimum absolute atomic E-state index is 0.290. The molecule has 0 fully saturated rings. The van der Waals surface area contributed by atoms with Crippen LogP contribution in [0.4, 0.5) is 5.69 Å². The molecular formula is C12H11ClN2O2. The molecule has 0 saturated heterocycles. The fourth-order valence-electron chi connectivity index (χ4n) is 1.46. The van der Waals surface area contributed by atoms with Crippen molar-refractivity contribution in [1.82, 2.24) is 4.98 Å². The number of amides is 1. The molecule has 2 aromatic rings. The van der Waals surface area contributed by atoms with Crippen LogP contribution in [0.1, 0.15) is 22.1 Å². The van der Waals surface area contributed by atoms with Crippen LogP contribution in [0.2, 0.25) is 5.02 Å². The second-order valence-electron chi connectivity index (χ2n) is 3.60. The van der Waals surface area contributed by atoms with Crippen molar-refractivity contribution in [3.05, 3.63) is 46.6 Å². The lowest BCUT2D eigenvalue weighted by Gasteiger charge is -2.02. The molecule has 17 heavy (non-hydrogen) atoms. The number of carbonyl (C=O) groups excluding carboxylic acids is 1. The van der Waals surface area contributed by atoms with Crippen molar-refractivity contribution in [3.63, 3.8) is 0 Å². The topological polar surface area (TPSA) is 55.1 Å². The number of oxazole rings is 1. The summed E-state index contributed by atoms with van der Waals surface area (Å²) in [5.74, 6) is 0.694. The second-order valence-corrected chi connectivity index (χ2v) is 4.04. The number of benzene rings is 1. The van der Waals surface area contributed by atoms with Gasteiger partial charge in [0, 0.05) is 17.6 Å². The predicted octanol–water partition coefficient (Wildman–Crippen LogP) is 3.20. The molecule has 2 rings (SSSR count). The van der Waals surface area contributed by atoms with Crippen LogP contribution in [0, 0.1) is 13.8 Å². The average molecular weight is 251 g/mol. The van der Waals surface area contributed by atoms with E-state index < -0.39 is 0 Å². The zero-order valence-electron chi connectivity index (χ0n) is 9.45. The van der Waals surface area contributed by atoms with Gasteiger partial charge in [-0.05, 0) is 31.2 Å². The van der Waals surface area contributed by atoms with E-state index in [0.29, 0.717) is 28.1 Å². The molecule has 1 N–H and O–H groups in total. The van der Waals surface area contributed by atoms with Crippen molar-refractivity contribution >= 4 is 23.2 Å². The lowest BCUT2D eigenvalue weighted by Crippen LogP contribution is -2.13. The highest BCUT2D eigenvalue weighted by Crippen LogP contribution is 2.15. The van der Waals surface area contributed by atoms with Crippen LogP contribution in [-0.2, 0) is 0 Å². The van der Waals surface area contributed by atoms with Gasteiger partial charge < -0.3 is 9.73 Å². The van der Waals surface area contributed by atoms with Crippen molar-refractivity contribution in [2.45, 2.75) is 13.8 Å². The Morgan fingerprint density at radius 2 is 1.94 bits per heavy atom. The molecule has 1 aromatic carbocycles. The molecule has 4 nitrogen and oxygen atoms in total. The molecule has 0 saturated carbocycles. The molecule has 1 heterocycles. The first-order chi connectivity index (χ1) is 8.06. The van der Waals surface area contributed by atoms with E-state index in [1.807, 2.05) is 0 Å². The van der Waals surface area contributed by atoms with Crippen LogP contribution in [0.25, 0.3) is 0 Å². The molecule has 0 aliphatic carbocycles. The SMILES string of the molecule is Cc1nc(C(=O)Nc2ccc(Cl)cc2)c(C)o1. The van der Waals surface area contributed by atoms with Crippen LogP contribution in [-0.4, -0.2) is 10.9 Å². The number of aromatic nitrogens is 1. The fraction of sp³-hybridized carbons (Fsp3) is 0.167. The number of carbonyl (C=O) groups is 1. The standard InChI is InChI=1S/C12H11ClN2O2/c1-7-11(14-8(2)17-7)12(16)15-10-5-3-9(13)4-6-10/h3-6H,1-2H3,(H,15,16). The summed E-state index contributed by atoms with van der Waals surface area (Å²) in [6.07, 6.45) is 0. The number of halogens is 1. The van der Waals surface area contributed by atoms with Gasteiger partial charge in [0.15, 0.2) is 11.6 Å². The Morgan fingerprint density at radius 1 is 1.29 bits per heavy atom. The summed E-state index contributed by atoms with van der Waals surface area (Å²) in [6.45, 7) is 3.41. The first-order valence-electron chi connectivity index (χ1n) is 5.07. The van der Waals surface area contributed by atoms with Crippen molar-refractivity contribution in [3.8, 4) is 0 Å². The van der Waals surface area contributed by atoms with Crippen molar-refractivity contribution in [1.29, 1.82) is 0 Å². The van der Waals surface area contributed by atoms with Gasteiger partial charge in [-0.3, -0.25) is 4.79 Å². The molecule has 5 heteroatoms. The summed E-state index contributed by atoms with van der Waals surface area (Å²) in [5, 5.41) is 3.34. The van der Waals surface area contributed by atoms with Gasteiger partial charge in [0.1, 0.15) is 5.76 Å². The molecule has 0 unspecified atom stereocenters. The predicted molar refractivity (Wildman–Crippen MR) is 65.4 cm³/mol. The minimum atomic E-state index is -0.290. The highest BCUT2D eigenvalue weighted by Gasteiger charge is 2.15. The Morgan fingerprint density at radius 3 is 2.47 bits per heavy atom. The summed E-state index contributed by atoms with van der Waals surface area (Å²) in [4.78, 5) is 15.9. The molecule has 0 aliphatic heterocycles. The normalized spacial score (nSPS) is 10.3. The Kier molecular flexibility index (Phi) is 3.15. The molecule has 0 bridgehead atoms. The molecule has 0 aliphatic rings. The van der Waals surface area contributed by atoms with E-state index in [-0.39, 0.29) is 5.91 Å². The van der Waals surface area contributed by atoms with Gasteiger partial charge in [-0.15, -0.1) is 0 Å². The van der Waals surface area contributed by atoms with Crippen LogP contribution in [0.5, 0.6) is 0 Å². The third kappa shape index (κ3) is 2.65. The van der Waals surface area contributed by atoms with E-state index in [2.05, 4.69) is 10.3 Å². The Bertz CT molecular complexity index is 546. The quantitative estimate of drug-likeness (QED) is 0.891. The molecule has 88 valence electrons. The maximum absolute atomic E-state index is 11.9. The molecule has 1 aromatic heterocycles. The Hall–Kier alpha value is -1.81. The zero-order valence-corrected chi connectivity index (χ0v) is 10.2. The van der Waals surface area contributed by atoms with E-state index in [0.717, 1.165) is 0 Å². The highest BCUT2D eigenvalue weighted by atomic mass is 35.5. The lowest BCUT2D eigenvalue weighted by atomic mass is 10.3. The van der Waals surface area contributed by atoms with Gasteiger partial charge in [-0.25, -0.2) is 4.98 Å². The number of anilines is 1. The fourth-order valence-corrected chi connectivity index (χ4v) is 1.59. The van der Waals surface area contributed by atoms with Crippen molar-refractivity contribution in [2.24, 2.45) is 0 Å². The summed E-state index contributed by atoms with van der Waals surface area (Å²) < 4.78 is 5.20. The largest absolute Gasteiger partial charge is 0.445 e. The maximum Gasteiger partial charge on any atom is 0.277 e. The van der Waals surface area contributed by atoms with Crippen LogP contribution in [0.15, 0.2) is 28.7 Å². The van der Waals surface area contributed by atoms with Gasteiger partial charge in [-0.1, -0.05) is 11.6 Å². The maximum atomic E-state index is 11.9. The summed E-state index contributed by atoms with van der Waals surface area (Å²) in [7, 11) is 0. The van der Waals surface area contributed by atoms with E-state index >= 15 is 0 Å². The molecule has 0 atom stereocenters. The van der Waals surface area contributed by atoms with Gasteiger partial charge >= 0.3 is 0 Å². The first-order valence-corrected chi connectivity index (χ1v) is 5.45. The Labute approximate surface area is 104 Å². The van der Waals surface area contributed by atoms with Crippen molar-refractivity contribution < 1.29 is 9.21 Å². The number of nitrogens with one attached hydrogen (secondary N) is 1. The lowest BCUT2D eigenvalue weighted by molar-refractivity contribution is 0.102. The monoisotopic (exact) mass is 250 g/mol. The van der Waals surface area contributed by atoms with E-state index in [4.69, 9.17) is 16.0 Å². The summed E-state index contributed by atoms with van der Waals surface area (Å²) >= 11 is 5.75. The van der Waals surface area contributed by atoms with E-state index in [1.54, 1.807) is 38.1 Å². The third-order valence-electron chi connectivity index (χ3n) is 2.22. The number of nitrogens with zero attached hydrogens (tertiary/aromatic N) is 1.